The second kappa shape index (κ2) is 8.28. The van der Waals surface area contributed by atoms with Crippen molar-refractivity contribution in [3.8, 4) is 5.75 Å². The van der Waals surface area contributed by atoms with Crippen LogP contribution in [0.1, 0.15) is 17.5 Å². The molecule has 0 fully saturated rings. The molecule has 3 aromatic rings. The topological polar surface area (TPSA) is 21.6 Å². The lowest BCUT2D eigenvalue weighted by atomic mass is 10.0. The third-order valence-electron chi connectivity index (χ3n) is 4.52. The molecule has 0 saturated heterocycles. The van der Waals surface area contributed by atoms with Crippen LogP contribution >= 0.6 is 11.8 Å². The van der Waals surface area contributed by atoms with Gasteiger partial charge in [-0.1, -0.05) is 54.6 Å². The molecule has 0 N–H and O–H groups in total. The molecular formula is C24H21NOS. The molecule has 4 rings (SSSR count). The lowest BCUT2D eigenvalue weighted by Crippen LogP contribution is -2.08. The fourth-order valence-corrected chi connectivity index (χ4v) is 4.21. The first kappa shape index (κ1) is 17.6. The summed E-state index contributed by atoms with van der Waals surface area (Å²) in [7, 11) is 1.69. The minimum absolute atomic E-state index is 0.328. The maximum absolute atomic E-state index is 5.29. The smallest absolute Gasteiger partial charge is 0.118 e. The summed E-state index contributed by atoms with van der Waals surface area (Å²) in [6.45, 7) is 0. The van der Waals surface area contributed by atoms with E-state index in [9.17, 15) is 0 Å². The Morgan fingerprint density at radius 1 is 0.926 bits per heavy atom. The third-order valence-corrected chi connectivity index (χ3v) is 5.75. The van der Waals surface area contributed by atoms with Gasteiger partial charge in [-0.05, 0) is 47.5 Å². The van der Waals surface area contributed by atoms with Crippen LogP contribution in [0.15, 0.2) is 94.8 Å². The molecule has 3 heteroatoms. The lowest BCUT2D eigenvalue weighted by molar-refractivity contribution is 0.415. The van der Waals surface area contributed by atoms with Gasteiger partial charge in [0.25, 0.3) is 0 Å². The zero-order valence-corrected chi connectivity index (χ0v) is 16.0. The van der Waals surface area contributed by atoms with Crippen LogP contribution in [0.5, 0.6) is 5.75 Å². The number of methoxy groups -OCH3 is 1. The second-order valence-corrected chi connectivity index (χ2v) is 7.67. The summed E-state index contributed by atoms with van der Waals surface area (Å²) in [4.78, 5) is 6.22. The zero-order valence-electron chi connectivity index (χ0n) is 15.2. The van der Waals surface area contributed by atoms with Crippen molar-refractivity contribution in [3.05, 3.63) is 96.1 Å². The molecule has 3 aromatic carbocycles. The number of thioether (sulfide) groups is 1. The van der Waals surface area contributed by atoms with Crippen molar-refractivity contribution >= 4 is 29.2 Å². The zero-order chi connectivity index (χ0) is 18.5. The van der Waals surface area contributed by atoms with E-state index >= 15 is 0 Å². The molecule has 0 saturated carbocycles. The second-order valence-electron chi connectivity index (χ2n) is 6.38. The van der Waals surface area contributed by atoms with E-state index in [4.69, 9.17) is 9.73 Å². The minimum Gasteiger partial charge on any atom is -0.497 e. The van der Waals surface area contributed by atoms with Gasteiger partial charge in [-0.3, -0.25) is 4.99 Å². The van der Waals surface area contributed by atoms with E-state index in [1.54, 1.807) is 7.11 Å². The highest BCUT2D eigenvalue weighted by Gasteiger charge is 2.19. The van der Waals surface area contributed by atoms with Crippen molar-refractivity contribution in [1.29, 1.82) is 0 Å². The van der Waals surface area contributed by atoms with E-state index in [0.29, 0.717) is 5.25 Å². The van der Waals surface area contributed by atoms with Gasteiger partial charge in [0.05, 0.1) is 12.8 Å². The van der Waals surface area contributed by atoms with Gasteiger partial charge in [-0.2, -0.15) is 0 Å². The number of hydrogen-bond donors (Lipinski definition) is 0. The van der Waals surface area contributed by atoms with Gasteiger partial charge < -0.3 is 4.74 Å². The summed E-state index contributed by atoms with van der Waals surface area (Å²) in [6, 6.07) is 27.0. The number of nitrogens with zero attached hydrogens (tertiary/aromatic N) is 1. The van der Waals surface area contributed by atoms with Crippen molar-refractivity contribution in [3.63, 3.8) is 0 Å². The number of benzene rings is 3. The van der Waals surface area contributed by atoms with Gasteiger partial charge in [0.15, 0.2) is 0 Å². The van der Waals surface area contributed by atoms with Crippen molar-refractivity contribution < 1.29 is 4.74 Å². The first-order valence-electron chi connectivity index (χ1n) is 9.03. The molecule has 1 heterocycles. The Hall–Kier alpha value is -2.78. The van der Waals surface area contributed by atoms with Crippen LogP contribution in [-0.4, -0.2) is 18.1 Å². The maximum atomic E-state index is 5.29. The fraction of sp³-hybridized carbons (Fsp3) is 0.125. The highest BCUT2D eigenvalue weighted by atomic mass is 32.2. The van der Waals surface area contributed by atoms with Gasteiger partial charge >= 0.3 is 0 Å². The Kier molecular flexibility index (Phi) is 5.40. The first-order valence-corrected chi connectivity index (χ1v) is 9.91. The number of aliphatic imine (C=N–C) groups is 1. The quantitative estimate of drug-likeness (QED) is 0.530. The van der Waals surface area contributed by atoms with Crippen molar-refractivity contribution in [1.82, 2.24) is 0 Å². The standard InChI is InChI=1S/C24H21NOS/c1-26-20-14-12-19(13-15-20)23-17-21(16-11-18-7-3-2-4-8-18)27-24-10-6-5-9-22(24)25-23/h2-16,21H,17H2,1H3/b16-11+. The first-order chi connectivity index (χ1) is 13.3. The Morgan fingerprint density at radius 3 is 2.44 bits per heavy atom. The molecule has 1 atom stereocenters. The highest BCUT2D eigenvalue weighted by molar-refractivity contribution is 8.00. The summed E-state index contributed by atoms with van der Waals surface area (Å²) >= 11 is 1.88. The van der Waals surface area contributed by atoms with Crippen LogP contribution < -0.4 is 4.74 Å². The normalized spacial score (nSPS) is 16.5. The molecule has 0 amide bonds. The van der Waals surface area contributed by atoms with E-state index in [0.717, 1.165) is 29.1 Å². The summed E-state index contributed by atoms with van der Waals surface area (Å²) in [5.74, 6) is 0.864. The van der Waals surface area contributed by atoms with Crippen molar-refractivity contribution in [2.45, 2.75) is 16.6 Å². The third kappa shape index (κ3) is 4.32. The minimum atomic E-state index is 0.328. The van der Waals surface area contributed by atoms with Crippen LogP contribution in [-0.2, 0) is 0 Å². The van der Waals surface area contributed by atoms with Crippen LogP contribution in [0.2, 0.25) is 0 Å². The predicted molar refractivity (Wildman–Crippen MR) is 115 cm³/mol. The summed E-state index contributed by atoms with van der Waals surface area (Å²) in [5, 5.41) is 0.328. The molecule has 0 radical (unpaired) electrons. The number of ether oxygens (including phenoxy) is 1. The lowest BCUT2D eigenvalue weighted by Gasteiger charge is -2.12. The summed E-state index contributed by atoms with van der Waals surface area (Å²) < 4.78 is 5.29. The Balaban J connectivity index is 1.67. The average molecular weight is 372 g/mol. The van der Waals surface area contributed by atoms with Gasteiger partial charge in [0.2, 0.25) is 0 Å². The number of fused-ring (bicyclic) bond motifs is 1. The molecule has 134 valence electrons. The summed E-state index contributed by atoms with van der Waals surface area (Å²) in [6.07, 6.45) is 5.38. The molecule has 0 aromatic heterocycles. The fourth-order valence-electron chi connectivity index (χ4n) is 3.09. The van der Waals surface area contributed by atoms with E-state index < -0.39 is 0 Å². The summed E-state index contributed by atoms with van der Waals surface area (Å²) in [5.41, 5.74) is 4.52. The predicted octanol–water partition coefficient (Wildman–Crippen LogP) is 6.39. The SMILES string of the molecule is COc1ccc(C2=Nc3ccccc3SC(/C=C/c3ccccc3)C2)cc1. The van der Waals surface area contributed by atoms with Crippen LogP contribution in [0.3, 0.4) is 0 Å². The highest BCUT2D eigenvalue weighted by Crippen LogP contribution is 2.38. The molecule has 0 aliphatic carbocycles. The van der Waals surface area contributed by atoms with Gasteiger partial charge in [-0.25, -0.2) is 0 Å². The monoisotopic (exact) mass is 371 g/mol. The van der Waals surface area contributed by atoms with Crippen molar-refractivity contribution in [2.24, 2.45) is 4.99 Å². The Labute approximate surface area is 164 Å². The average Bonchev–Trinajstić information content (AvgIpc) is 2.92. The van der Waals surface area contributed by atoms with Gasteiger partial charge in [0.1, 0.15) is 5.75 Å². The molecule has 0 spiro atoms. The largest absolute Gasteiger partial charge is 0.497 e. The Morgan fingerprint density at radius 2 is 1.67 bits per heavy atom. The molecule has 1 aliphatic rings. The van der Waals surface area contributed by atoms with Gasteiger partial charge in [-0.15, -0.1) is 11.8 Å². The number of para-hydroxylation sites is 1. The molecule has 2 nitrogen and oxygen atoms in total. The Bertz CT molecular complexity index is 961. The molecular weight excluding hydrogens is 350 g/mol. The van der Waals surface area contributed by atoms with E-state index in [2.05, 4.69) is 72.8 Å². The maximum Gasteiger partial charge on any atom is 0.118 e. The van der Waals surface area contributed by atoms with Crippen LogP contribution in [0.25, 0.3) is 6.08 Å². The van der Waals surface area contributed by atoms with E-state index in [1.807, 2.05) is 30.0 Å². The molecule has 0 bridgehead atoms. The van der Waals surface area contributed by atoms with E-state index in [1.165, 1.54) is 10.5 Å². The molecule has 27 heavy (non-hydrogen) atoms. The van der Waals surface area contributed by atoms with Crippen molar-refractivity contribution in [2.75, 3.05) is 7.11 Å². The van der Waals surface area contributed by atoms with E-state index in [-0.39, 0.29) is 0 Å². The number of hydrogen-bond acceptors (Lipinski definition) is 3. The number of rotatable bonds is 4. The van der Waals surface area contributed by atoms with Crippen LogP contribution in [0, 0.1) is 0 Å². The van der Waals surface area contributed by atoms with Crippen LogP contribution in [0.4, 0.5) is 5.69 Å². The van der Waals surface area contributed by atoms with Gasteiger partial charge in [0, 0.05) is 22.3 Å². The molecule has 1 unspecified atom stereocenters. The molecule has 1 aliphatic heterocycles.